The molecule has 0 spiro atoms. The number of piperazine rings is 1. The fourth-order valence-electron chi connectivity index (χ4n) is 3.02. The van der Waals surface area contributed by atoms with Gasteiger partial charge in [-0.3, -0.25) is 9.69 Å². The lowest BCUT2D eigenvalue weighted by atomic mass is 10.1. The summed E-state index contributed by atoms with van der Waals surface area (Å²) in [6.07, 6.45) is 0. The van der Waals surface area contributed by atoms with Crippen molar-refractivity contribution in [1.29, 1.82) is 5.26 Å². The molecule has 0 N–H and O–H groups in total. The minimum Gasteiger partial charge on any atom is -0.483 e. The van der Waals surface area contributed by atoms with Crippen LogP contribution in [-0.2, 0) is 4.79 Å². The topological polar surface area (TPSA) is 56.6 Å². The summed E-state index contributed by atoms with van der Waals surface area (Å²) >= 11 is 3.41. The van der Waals surface area contributed by atoms with E-state index in [4.69, 9.17) is 4.74 Å². The molecule has 1 heterocycles. The Hall–Kier alpha value is -2.36. The maximum Gasteiger partial charge on any atom is 0.260 e. The van der Waals surface area contributed by atoms with Crippen LogP contribution in [0.25, 0.3) is 0 Å². The lowest BCUT2D eigenvalue weighted by Crippen LogP contribution is -2.50. The van der Waals surface area contributed by atoms with E-state index in [1.165, 1.54) is 0 Å². The van der Waals surface area contributed by atoms with Crippen molar-refractivity contribution in [2.75, 3.05) is 32.8 Å². The number of amides is 1. The van der Waals surface area contributed by atoms with Crippen LogP contribution in [0.5, 0.6) is 5.75 Å². The molecular formula is C20H20BrN3O2. The van der Waals surface area contributed by atoms with Crippen molar-refractivity contribution in [2.45, 2.75) is 6.04 Å². The molecule has 1 unspecified atom stereocenters. The highest BCUT2D eigenvalue weighted by atomic mass is 79.9. The largest absolute Gasteiger partial charge is 0.483 e. The van der Waals surface area contributed by atoms with Crippen molar-refractivity contribution in [2.24, 2.45) is 0 Å². The second-order valence-corrected chi connectivity index (χ2v) is 6.93. The summed E-state index contributed by atoms with van der Waals surface area (Å²) in [7, 11) is 0. The van der Waals surface area contributed by atoms with Gasteiger partial charge in [-0.1, -0.05) is 42.5 Å². The maximum absolute atomic E-state index is 12.4. The van der Waals surface area contributed by atoms with Crippen LogP contribution < -0.4 is 4.74 Å². The molecule has 2 aromatic carbocycles. The number of benzene rings is 2. The van der Waals surface area contributed by atoms with Crippen LogP contribution in [0.3, 0.4) is 0 Å². The quantitative estimate of drug-likeness (QED) is 0.754. The fourth-order valence-corrected chi connectivity index (χ4v) is 3.42. The van der Waals surface area contributed by atoms with Crippen molar-refractivity contribution in [3.63, 3.8) is 0 Å². The molecule has 1 atom stereocenters. The van der Waals surface area contributed by atoms with E-state index in [0.29, 0.717) is 31.9 Å². The number of hydrogen-bond acceptors (Lipinski definition) is 4. The van der Waals surface area contributed by atoms with Gasteiger partial charge in [0, 0.05) is 26.2 Å². The minimum atomic E-state index is -0.273. The summed E-state index contributed by atoms with van der Waals surface area (Å²) in [4.78, 5) is 16.3. The van der Waals surface area contributed by atoms with Crippen LogP contribution in [0.15, 0.2) is 59.1 Å². The average molecular weight is 414 g/mol. The zero-order valence-corrected chi connectivity index (χ0v) is 15.9. The van der Waals surface area contributed by atoms with Crippen molar-refractivity contribution in [3.8, 4) is 11.8 Å². The Kier molecular flexibility index (Phi) is 6.26. The van der Waals surface area contributed by atoms with E-state index >= 15 is 0 Å². The first-order chi connectivity index (χ1) is 12.7. The zero-order valence-electron chi connectivity index (χ0n) is 14.3. The summed E-state index contributed by atoms with van der Waals surface area (Å²) in [6.45, 7) is 2.57. The van der Waals surface area contributed by atoms with E-state index in [1.807, 2.05) is 54.6 Å². The Morgan fingerprint density at radius 3 is 2.38 bits per heavy atom. The fraction of sp³-hybridized carbons (Fsp3) is 0.300. The third-order valence-corrected chi connectivity index (χ3v) is 5.11. The molecule has 6 heteroatoms. The van der Waals surface area contributed by atoms with Gasteiger partial charge in [0.25, 0.3) is 5.91 Å². The first kappa shape index (κ1) is 18.4. The Balaban J connectivity index is 1.52. The Morgan fingerprint density at radius 2 is 1.73 bits per heavy atom. The summed E-state index contributed by atoms with van der Waals surface area (Å²) in [6, 6.07) is 19.3. The number of nitrogens with zero attached hydrogens (tertiary/aromatic N) is 3. The number of hydrogen-bond donors (Lipinski definition) is 0. The second kappa shape index (κ2) is 8.84. The van der Waals surface area contributed by atoms with Gasteiger partial charge in [-0.05, 0) is 33.6 Å². The summed E-state index contributed by atoms with van der Waals surface area (Å²) in [5.41, 5.74) is 0.993. The predicted octanol–water partition coefficient (Wildman–Crippen LogP) is 3.24. The molecular weight excluding hydrogens is 394 g/mol. The Bertz CT molecular complexity index is 783. The van der Waals surface area contributed by atoms with Gasteiger partial charge in [0.1, 0.15) is 11.8 Å². The first-order valence-corrected chi connectivity index (χ1v) is 9.32. The van der Waals surface area contributed by atoms with Crippen molar-refractivity contribution in [1.82, 2.24) is 9.80 Å². The van der Waals surface area contributed by atoms with Crippen LogP contribution >= 0.6 is 15.9 Å². The van der Waals surface area contributed by atoms with Crippen LogP contribution in [0.2, 0.25) is 0 Å². The Morgan fingerprint density at radius 1 is 1.08 bits per heavy atom. The van der Waals surface area contributed by atoms with Gasteiger partial charge in [-0.25, -0.2) is 0 Å². The summed E-state index contributed by atoms with van der Waals surface area (Å²) in [5, 5.41) is 9.55. The minimum absolute atomic E-state index is 0.0168. The molecule has 26 heavy (non-hydrogen) atoms. The van der Waals surface area contributed by atoms with E-state index in [0.717, 1.165) is 10.0 Å². The third kappa shape index (κ3) is 4.43. The van der Waals surface area contributed by atoms with Gasteiger partial charge >= 0.3 is 0 Å². The second-order valence-electron chi connectivity index (χ2n) is 6.08. The van der Waals surface area contributed by atoms with E-state index < -0.39 is 0 Å². The SMILES string of the molecule is N#CC(c1ccccc1)N1CCN(C(=O)COc2ccccc2Br)CC1. The van der Waals surface area contributed by atoms with E-state index in [-0.39, 0.29) is 18.6 Å². The van der Waals surface area contributed by atoms with Crippen LogP contribution in [0, 0.1) is 11.3 Å². The Labute approximate surface area is 161 Å². The summed E-state index contributed by atoms with van der Waals surface area (Å²) < 4.78 is 6.44. The lowest BCUT2D eigenvalue weighted by molar-refractivity contribution is -0.135. The first-order valence-electron chi connectivity index (χ1n) is 8.53. The van der Waals surface area contributed by atoms with Gasteiger partial charge in [0.05, 0.1) is 10.5 Å². The van der Waals surface area contributed by atoms with Crippen molar-refractivity contribution < 1.29 is 9.53 Å². The maximum atomic E-state index is 12.4. The molecule has 0 aromatic heterocycles. The highest BCUT2D eigenvalue weighted by Gasteiger charge is 2.27. The molecule has 0 radical (unpaired) electrons. The number of halogens is 1. The number of carbonyl (C=O) groups excluding carboxylic acids is 1. The molecule has 0 aliphatic carbocycles. The molecule has 5 nitrogen and oxygen atoms in total. The van der Waals surface area contributed by atoms with Gasteiger partial charge < -0.3 is 9.64 Å². The average Bonchev–Trinajstić information content (AvgIpc) is 2.69. The van der Waals surface area contributed by atoms with E-state index in [9.17, 15) is 10.1 Å². The molecule has 2 aromatic rings. The number of carbonyl (C=O) groups is 1. The third-order valence-electron chi connectivity index (χ3n) is 4.46. The molecule has 1 amide bonds. The standard InChI is InChI=1S/C20H20BrN3O2/c21-17-8-4-5-9-19(17)26-15-20(25)24-12-10-23(11-13-24)18(14-22)16-6-2-1-3-7-16/h1-9,18H,10-13,15H2. The molecule has 1 saturated heterocycles. The monoisotopic (exact) mass is 413 g/mol. The number of ether oxygens (including phenoxy) is 1. The van der Waals surface area contributed by atoms with Crippen LogP contribution in [-0.4, -0.2) is 48.5 Å². The van der Waals surface area contributed by atoms with E-state index in [2.05, 4.69) is 26.9 Å². The molecule has 1 fully saturated rings. The number of nitriles is 1. The smallest absolute Gasteiger partial charge is 0.260 e. The van der Waals surface area contributed by atoms with Crippen molar-refractivity contribution in [3.05, 3.63) is 64.6 Å². The number of rotatable bonds is 5. The van der Waals surface area contributed by atoms with E-state index in [1.54, 1.807) is 4.90 Å². The van der Waals surface area contributed by atoms with Crippen molar-refractivity contribution >= 4 is 21.8 Å². The van der Waals surface area contributed by atoms with Gasteiger partial charge in [-0.15, -0.1) is 0 Å². The highest BCUT2D eigenvalue weighted by Crippen LogP contribution is 2.24. The lowest BCUT2D eigenvalue weighted by Gasteiger charge is -2.37. The molecule has 134 valence electrons. The molecule has 1 aliphatic rings. The van der Waals surface area contributed by atoms with Crippen LogP contribution in [0.1, 0.15) is 11.6 Å². The molecule has 0 saturated carbocycles. The molecule has 1 aliphatic heterocycles. The normalized spacial score (nSPS) is 15.9. The predicted molar refractivity (Wildman–Crippen MR) is 103 cm³/mol. The van der Waals surface area contributed by atoms with Gasteiger partial charge in [0.2, 0.25) is 0 Å². The van der Waals surface area contributed by atoms with Gasteiger partial charge in [0.15, 0.2) is 6.61 Å². The molecule has 3 rings (SSSR count). The zero-order chi connectivity index (χ0) is 18.4. The summed E-state index contributed by atoms with van der Waals surface area (Å²) in [5.74, 6) is 0.627. The highest BCUT2D eigenvalue weighted by molar-refractivity contribution is 9.10. The van der Waals surface area contributed by atoms with Gasteiger partial charge in [-0.2, -0.15) is 5.26 Å². The van der Waals surface area contributed by atoms with Crippen LogP contribution in [0.4, 0.5) is 0 Å². The molecule has 0 bridgehead atoms. The number of para-hydroxylation sites is 1.